The third-order valence-corrected chi connectivity index (χ3v) is 4.76. The third-order valence-electron chi connectivity index (χ3n) is 4.76. The first-order valence-corrected chi connectivity index (χ1v) is 10.8. The Morgan fingerprint density at radius 1 is 0.435 bits per heavy atom. The van der Waals surface area contributed by atoms with E-state index in [4.69, 9.17) is 0 Å². The first kappa shape index (κ1) is 22.9. The second-order valence-corrected chi connectivity index (χ2v) is 7.16. The molecule has 0 atom stereocenters. The summed E-state index contributed by atoms with van der Waals surface area (Å²) in [4.78, 5) is 0. The molecule has 0 aromatic heterocycles. The second-order valence-electron chi connectivity index (χ2n) is 7.16. The third kappa shape index (κ3) is 21.9. The molecule has 2 nitrogen and oxygen atoms in total. The largest absolute Gasteiger partial charge is 0.318 e. The Bertz CT molecular complexity index is 174. The lowest BCUT2D eigenvalue weighted by Gasteiger charge is -2.05. The van der Waals surface area contributed by atoms with Crippen LogP contribution in [0.15, 0.2) is 0 Å². The van der Waals surface area contributed by atoms with Gasteiger partial charge in [0.1, 0.15) is 0 Å². The Balaban J connectivity index is 2.92. The number of unbranched alkanes of at least 4 members (excludes halogenated alkanes) is 15. The van der Waals surface area contributed by atoms with Crippen LogP contribution in [0.4, 0.5) is 0 Å². The average Bonchev–Trinajstić information content (AvgIpc) is 2.57. The van der Waals surface area contributed by atoms with Crippen molar-refractivity contribution in [3.63, 3.8) is 0 Å². The Hall–Kier alpha value is -0.0800. The number of hydrogen-bond acceptors (Lipinski definition) is 2. The lowest BCUT2D eigenvalue weighted by atomic mass is 10.0. The van der Waals surface area contributed by atoms with E-state index in [9.17, 15) is 0 Å². The number of likely N-dealkylation sites (N-methyl/N-ethyl adjacent to an activating group) is 1. The zero-order valence-electron chi connectivity index (χ0n) is 16.4. The summed E-state index contributed by atoms with van der Waals surface area (Å²) in [5, 5.41) is 6.64. The van der Waals surface area contributed by atoms with Crippen LogP contribution in [0.5, 0.6) is 0 Å². The van der Waals surface area contributed by atoms with Crippen LogP contribution in [-0.4, -0.2) is 26.7 Å². The molecule has 140 valence electrons. The Kier molecular flexibility index (Phi) is 21.8. The highest BCUT2D eigenvalue weighted by Crippen LogP contribution is 2.13. The standard InChI is InChI=1S/C21H46N2/c1-3-4-5-6-7-8-9-10-11-12-13-14-15-16-17-18-19-23-21-20-22-2/h22-23H,3-21H2,1-2H3. The summed E-state index contributed by atoms with van der Waals surface area (Å²) >= 11 is 0. The van der Waals surface area contributed by atoms with Gasteiger partial charge in [0.25, 0.3) is 0 Å². The van der Waals surface area contributed by atoms with E-state index in [1.165, 1.54) is 109 Å². The van der Waals surface area contributed by atoms with Gasteiger partial charge in [-0.05, 0) is 20.0 Å². The Morgan fingerprint density at radius 3 is 1.22 bits per heavy atom. The van der Waals surface area contributed by atoms with E-state index in [1.54, 1.807) is 0 Å². The van der Waals surface area contributed by atoms with Crippen LogP contribution in [0.25, 0.3) is 0 Å². The first-order chi connectivity index (χ1) is 11.4. The van der Waals surface area contributed by atoms with Crippen molar-refractivity contribution in [2.24, 2.45) is 0 Å². The zero-order valence-corrected chi connectivity index (χ0v) is 16.4. The van der Waals surface area contributed by atoms with Crippen molar-refractivity contribution < 1.29 is 0 Å². The molecule has 0 aromatic rings. The lowest BCUT2D eigenvalue weighted by Crippen LogP contribution is -2.25. The summed E-state index contributed by atoms with van der Waals surface area (Å²) in [7, 11) is 2.01. The van der Waals surface area contributed by atoms with Gasteiger partial charge in [0.05, 0.1) is 0 Å². The number of nitrogens with one attached hydrogen (secondary N) is 2. The SMILES string of the molecule is CCCCCCCCCCCCCCCCCCNCCNC. The van der Waals surface area contributed by atoms with Gasteiger partial charge in [-0.3, -0.25) is 0 Å². The number of hydrogen-bond donors (Lipinski definition) is 2. The highest BCUT2D eigenvalue weighted by Gasteiger charge is 1.94. The minimum atomic E-state index is 1.08. The molecular weight excluding hydrogens is 280 g/mol. The van der Waals surface area contributed by atoms with E-state index in [0.717, 1.165) is 13.1 Å². The van der Waals surface area contributed by atoms with Gasteiger partial charge in [-0.15, -0.1) is 0 Å². The molecule has 0 aliphatic heterocycles. The molecule has 0 spiro atoms. The van der Waals surface area contributed by atoms with Crippen LogP contribution in [-0.2, 0) is 0 Å². The summed E-state index contributed by atoms with van der Waals surface area (Å²) < 4.78 is 0. The fourth-order valence-electron chi connectivity index (χ4n) is 3.14. The molecule has 0 rings (SSSR count). The fraction of sp³-hybridized carbons (Fsp3) is 1.00. The van der Waals surface area contributed by atoms with E-state index < -0.39 is 0 Å². The van der Waals surface area contributed by atoms with Gasteiger partial charge >= 0.3 is 0 Å². The minimum absolute atomic E-state index is 1.08. The van der Waals surface area contributed by atoms with Gasteiger partial charge in [0, 0.05) is 13.1 Å². The van der Waals surface area contributed by atoms with Crippen molar-refractivity contribution in [2.45, 2.75) is 110 Å². The smallest absolute Gasteiger partial charge is 0.00766 e. The first-order valence-electron chi connectivity index (χ1n) is 10.8. The van der Waals surface area contributed by atoms with Gasteiger partial charge in [-0.1, -0.05) is 103 Å². The molecule has 0 aliphatic rings. The average molecular weight is 327 g/mol. The molecular formula is C21H46N2. The van der Waals surface area contributed by atoms with Crippen molar-refractivity contribution in [2.75, 3.05) is 26.7 Å². The van der Waals surface area contributed by atoms with Crippen molar-refractivity contribution in [1.82, 2.24) is 10.6 Å². The van der Waals surface area contributed by atoms with Crippen LogP contribution < -0.4 is 10.6 Å². The van der Waals surface area contributed by atoms with E-state index in [0.29, 0.717) is 0 Å². The summed E-state index contributed by atoms with van der Waals surface area (Å²) in [6.07, 6.45) is 23.2. The number of rotatable bonds is 20. The normalized spacial score (nSPS) is 11.2. The molecule has 0 radical (unpaired) electrons. The molecule has 23 heavy (non-hydrogen) atoms. The van der Waals surface area contributed by atoms with Crippen molar-refractivity contribution >= 4 is 0 Å². The predicted molar refractivity (Wildman–Crippen MR) is 106 cm³/mol. The van der Waals surface area contributed by atoms with E-state index in [2.05, 4.69) is 17.6 Å². The summed E-state index contributed by atoms with van der Waals surface area (Å²) in [6, 6.07) is 0. The summed E-state index contributed by atoms with van der Waals surface area (Å²) in [5.41, 5.74) is 0. The molecule has 0 unspecified atom stereocenters. The van der Waals surface area contributed by atoms with E-state index >= 15 is 0 Å². The molecule has 0 saturated carbocycles. The lowest BCUT2D eigenvalue weighted by molar-refractivity contribution is 0.525. The molecule has 0 bridgehead atoms. The fourth-order valence-corrected chi connectivity index (χ4v) is 3.14. The Morgan fingerprint density at radius 2 is 0.826 bits per heavy atom. The van der Waals surface area contributed by atoms with E-state index in [-0.39, 0.29) is 0 Å². The second kappa shape index (κ2) is 21.9. The molecule has 0 fully saturated rings. The predicted octanol–water partition coefficient (Wildman–Crippen LogP) is 6.06. The van der Waals surface area contributed by atoms with Crippen molar-refractivity contribution in [1.29, 1.82) is 0 Å². The zero-order chi connectivity index (χ0) is 16.8. The van der Waals surface area contributed by atoms with Crippen LogP contribution in [0, 0.1) is 0 Å². The maximum Gasteiger partial charge on any atom is 0.00766 e. The maximum atomic E-state index is 3.47. The van der Waals surface area contributed by atoms with Gasteiger partial charge in [0.2, 0.25) is 0 Å². The summed E-state index contributed by atoms with van der Waals surface area (Å²) in [6.45, 7) is 5.68. The van der Waals surface area contributed by atoms with Gasteiger partial charge in [-0.2, -0.15) is 0 Å². The molecule has 0 amide bonds. The highest BCUT2D eigenvalue weighted by atomic mass is 14.9. The van der Waals surface area contributed by atoms with E-state index in [1.807, 2.05) is 7.05 Å². The van der Waals surface area contributed by atoms with Crippen LogP contribution in [0.2, 0.25) is 0 Å². The summed E-state index contributed by atoms with van der Waals surface area (Å²) in [5.74, 6) is 0. The molecule has 0 aliphatic carbocycles. The van der Waals surface area contributed by atoms with Gasteiger partial charge < -0.3 is 10.6 Å². The minimum Gasteiger partial charge on any atom is -0.318 e. The highest BCUT2D eigenvalue weighted by molar-refractivity contribution is 4.52. The van der Waals surface area contributed by atoms with Crippen LogP contribution >= 0.6 is 0 Å². The van der Waals surface area contributed by atoms with Gasteiger partial charge in [-0.25, -0.2) is 0 Å². The van der Waals surface area contributed by atoms with Crippen LogP contribution in [0.1, 0.15) is 110 Å². The van der Waals surface area contributed by atoms with Gasteiger partial charge in [0.15, 0.2) is 0 Å². The molecule has 0 saturated heterocycles. The molecule has 2 heteroatoms. The quantitative estimate of drug-likeness (QED) is 0.266. The molecule has 0 heterocycles. The molecule has 2 N–H and O–H groups in total. The van der Waals surface area contributed by atoms with Crippen LogP contribution in [0.3, 0.4) is 0 Å². The maximum absolute atomic E-state index is 3.47. The monoisotopic (exact) mass is 326 g/mol. The topological polar surface area (TPSA) is 24.1 Å². The van der Waals surface area contributed by atoms with Crippen molar-refractivity contribution in [3.05, 3.63) is 0 Å². The Labute approximate surface area is 147 Å². The van der Waals surface area contributed by atoms with Crippen molar-refractivity contribution in [3.8, 4) is 0 Å². The molecule has 0 aromatic carbocycles.